The van der Waals surface area contributed by atoms with Crippen molar-refractivity contribution in [1.82, 2.24) is 24.9 Å². The Kier molecular flexibility index (Phi) is 22.1. The molecule has 398 valence electrons. The molecule has 0 radical (unpaired) electrons. The first-order valence-corrected chi connectivity index (χ1v) is 25.8. The number of rotatable bonds is 5. The molecule has 5 aromatic heterocycles. The highest BCUT2D eigenvalue weighted by Gasteiger charge is 2.33. The fraction of sp³-hybridized carbons (Fsp3) is 0.431. The number of halogens is 3. The van der Waals surface area contributed by atoms with Gasteiger partial charge >= 0.3 is 6.18 Å². The van der Waals surface area contributed by atoms with Gasteiger partial charge in [-0.15, -0.1) is 0 Å². The molecule has 2 aromatic carbocycles. The van der Waals surface area contributed by atoms with E-state index in [1.807, 2.05) is 69.6 Å². The van der Waals surface area contributed by atoms with E-state index in [-0.39, 0.29) is 27.1 Å². The molecule has 0 spiro atoms. The van der Waals surface area contributed by atoms with Crippen molar-refractivity contribution in [3.8, 4) is 22.8 Å². The first kappa shape index (κ1) is 62.1. The van der Waals surface area contributed by atoms with E-state index in [9.17, 15) is 13.2 Å². The molecule has 0 atom stereocenters. The molecule has 5 heterocycles. The molecule has 74 heavy (non-hydrogen) atoms. The number of pyridine rings is 5. The molecule has 0 amide bonds. The Morgan fingerprint density at radius 3 is 1.53 bits per heavy atom. The monoisotopic (exact) mass is 1010 g/mol. The highest BCUT2D eigenvalue weighted by atomic mass is 19.4. The highest BCUT2D eigenvalue weighted by Crippen LogP contribution is 2.34. The van der Waals surface area contributed by atoms with Gasteiger partial charge in [-0.25, -0.2) is 9.97 Å². The first-order chi connectivity index (χ1) is 34.1. The fourth-order valence-corrected chi connectivity index (χ4v) is 6.92. The second kappa shape index (κ2) is 26.3. The zero-order valence-electron chi connectivity index (χ0n) is 48.3. The van der Waals surface area contributed by atoms with Gasteiger partial charge in [0.2, 0.25) is 5.88 Å². The van der Waals surface area contributed by atoms with E-state index in [4.69, 9.17) is 4.74 Å². The summed E-state index contributed by atoms with van der Waals surface area (Å²) < 4.78 is 42.9. The van der Waals surface area contributed by atoms with Crippen LogP contribution in [0.3, 0.4) is 0 Å². The summed E-state index contributed by atoms with van der Waals surface area (Å²) in [4.78, 5) is 21.5. The molecule has 0 saturated carbocycles. The lowest BCUT2D eigenvalue weighted by molar-refractivity contribution is -0.141. The molecule has 0 N–H and O–H groups in total. The van der Waals surface area contributed by atoms with Gasteiger partial charge in [0.05, 0.1) is 0 Å². The lowest BCUT2D eigenvalue weighted by atomic mass is 9.88. The Hall–Kier alpha value is -6.22. The van der Waals surface area contributed by atoms with Gasteiger partial charge in [0.1, 0.15) is 11.4 Å². The maximum atomic E-state index is 12.3. The third kappa shape index (κ3) is 20.2. The lowest BCUT2D eigenvalue weighted by Crippen LogP contribution is -2.17. The van der Waals surface area contributed by atoms with Crippen molar-refractivity contribution in [2.45, 2.75) is 184 Å². The van der Waals surface area contributed by atoms with Gasteiger partial charge in [-0.2, -0.15) is 13.2 Å². The van der Waals surface area contributed by atoms with E-state index >= 15 is 0 Å². The molecule has 0 unspecified atom stereocenters. The van der Waals surface area contributed by atoms with Crippen LogP contribution in [0.1, 0.15) is 187 Å². The average molecular weight is 1010 g/mol. The van der Waals surface area contributed by atoms with E-state index in [1.54, 1.807) is 12.3 Å². The van der Waals surface area contributed by atoms with Crippen LogP contribution in [0.25, 0.3) is 11.1 Å². The molecule has 0 aliphatic heterocycles. The maximum absolute atomic E-state index is 12.3. The number of nitrogens with zero attached hydrogens (tertiary/aromatic N) is 5. The normalized spacial score (nSPS) is 11.9. The van der Waals surface area contributed by atoms with Crippen LogP contribution in [-0.4, -0.2) is 24.9 Å². The Balaban J connectivity index is 0.000000246. The zero-order valence-corrected chi connectivity index (χ0v) is 48.3. The Morgan fingerprint density at radius 2 is 1.04 bits per heavy atom. The third-order valence-corrected chi connectivity index (χ3v) is 12.0. The number of hydrogen-bond donors (Lipinski definition) is 0. The number of ether oxygens (including phenoxy) is 1. The van der Waals surface area contributed by atoms with Crippen LogP contribution in [0.2, 0.25) is 0 Å². The van der Waals surface area contributed by atoms with Crippen LogP contribution in [0, 0.1) is 13.8 Å². The SMILES string of the molecule is CC(C)(C)c1ccc(-c2ccccc2)cn1.CC(C)(C)c1cccc(C(F)(F)F)n1.CC(C)c1ccc(C(C)(C)C)cn1.CCc1cccc(C(C)(C)C)n1.Cc1cccc(Oc2ncccc2C(C)(C)C)c1C. The van der Waals surface area contributed by atoms with Crippen molar-refractivity contribution in [2.75, 3.05) is 0 Å². The number of hydrogen-bond acceptors (Lipinski definition) is 6. The fourth-order valence-electron chi connectivity index (χ4n) is 6.92. The van der Waals surface area contributed by atoms with Crippen LogP contribution in [-0.2, 0) is 39.7 Å². The smallest absolute Gasteiger partial charge is 0.433 e. The molecule has 0 bridgehead atoms. The van der Waals surface area contributed by atoms with Crippen LogP contribution in [0.4, 0.5) is 13.2 Å². The topological polar surface area (TPSA) is 73.7 Å². The molecular weight excluding hydrogens is 924 g/mol. The van der Waals surface area contributed by atoms with Crippen molar-refractivity contribution >= 4 is 0 Å². The summed E-state index contributed by atoms with van der Waals surface area (Å²) in [6, 6.07) is 39.3. The predicted molar refractivity (Wildman–Crippen MR) is 305 cm³/mol. The Labute approximate surface area is 444 Å². The van der Waals surface area contributed by atoms with Crippen molar-refractivity contribution in [3.05, 3.63) is 196 Å². The van der Waals surface area contributed by atoms with Gasteiger partial charge in [-0.3, -0.25) is 15.0 Å². The summed E-state index contributed by atoms with van der Waals surface area (Å²) in [6.45, 7) is 42.3. The van der Waals surface area contributed by atoms with Crippen molar-refractivity contribution in [3.63, 3.8) is 0 Å². The molecule has 6 nitrogen and oxygen atoms in total. The zero-order chi connectivity index (χ0) is 55.9. The summed E-state index contributed by atoms with van der Waals surface area (Å²) in [5.74, 6) is 2.10. The number of aryl methyl sites for hydroxylation is 2. The molecule has 0 saturated heterocycles. The van der Waals surface area contributed by atoms with Crippen molar-refractivity contribution in [2.24, 2.45) is 0 Å². The van der Waals surface area contributed by atoms with Crippen LogP contribution in [0.5, 0.6) is 11.6 Å². The number of aromatic nitrogens is 5. The van der Waals surface area contributed by atoms with E-state index in [0.717, 1.165) is 35.1 Å². The molecule has 0 fully saturated rings. The Morgan fingerprint density at radius 1 is 0.473 bits per heavy atom. The van der Waals surface area contributed by atoms with Crippen molar-refractivity contribution in [1.29, 1.82) is 0 Å². The quantitative estimate of drug-likeness (QED) is 0.171. The largest absolute Gasteiger partial charge is 0.438 e. The van der Waals surface area contributed by atoms with Gasteiger partial charge in [-0.05, 0) is 108 Å². The van der Waals surface area contributed by atoms with E-state index in [2.05, 4.69) is 209 Å². The minimum atomic E-state index is -4.36. The molecule has 9 heteroatoms. The summed E-state index contributed by atoms with van der Waals surface area (Å²) in [7, 11) is 0. The van der Waals surface area contributed by atoms with Gasteiger partial charge < -0.3 is 4.74 Å². The summed E-state index contributed by atoms with van der Waals surface area (Å²) in [6.07, 6.45) is 2.38. The minimum Gasteiger partial charge on any atom is -0.438 e. The van der Waals surface area contributed by atoms with E-state index in [0.29, 0.717) is 17.5 Å². The van der Waals surface area contributed by atoms with Crippen molar-refractivity contribution < 1.29 is 17.9 Å². The Bertz CT molecular complexity index is 2740. The average Bonchev–Trinajstić information content (AvgIpc) is 3.33. The highest BCUT2D eigenvalue weighted by molar-refractivity contribution is 5.62. The predicted octanol–water partition coefficient (Wildman–Crippen LogP) is 18.7. The minimum absolute atomic E-state index is 0.0152. The maximum Gasteiger partial charge on any atom is 0.433 e. The number of benzene rings is 2. The van der Waals surface area contributed by atoms with Gasteiger partial charge in [0.15, 0.2) is 0 Å². The van der Waals surface area contributed by atoms with E-state index < -0.39 is 11.9 Å². The van der Waals surface area contributed by atoms with Crippen LogP contribution in [0.15, 0.2) is 140 Å². The van der Waals surface area contributed by atoms with Crippen LogP contribution < -0.4 is 4.74 Å². The molecule has 0 aliphatic rings. The molecule has 0 aliphatic carbocycles. The summed E-state index contributed by atoms with van der Waals surface area (Å²) in [5, 5.41) is 0. The third-order valence-electron chi connectivity index (χ3n) is 12.0. The second-order valence-corrected chi connectivity index (χ2v) is 24.1. The van der Waals surface area contributed by atoms with Gasteiger partial charge in [0, 0.05) is 74.4 Å². The molecule has 7 rings (SSSR count). The van der Waals surface area contributed by atoms with Gasteiger partial charge in [0.25, 0.3) is 0 Å². The summed E-state index contributed by atoms with van der Waals surface area (Å²) in [5.41, 5.74) is 11.7. The summed E-state index contributed by atoms with van der Waals surface area (Å²) >= 11 is 0. The standard InChI is InChI=1S/C17H21NO.C15H17N.C12H19N.C11H17N.C10H12F3N/c1-12-8-6-10-15(13(12)2)19-16-14(17(3,4)5)9-7-11-18-16;1-15(2,3)14-10-9-13(11-16-14)12-7-5-4-6-8-12;1-9(2)11-7-6-10(8-13-11)12(3,4)5;1-5-9-7-6-8-10(12-9)11(2,3)4;1-9(2,3)7-5-4-6-8(14-7)10(11,12)13/h6-11H,1-5H3;4-11H,1-3H3;6-9H,1-5H3;6-8H,5H2,1-4H3;4-6H,1-3H3. The lowest BCUT2D eigenvalue weighted by Gasteiger charge is -2.22. The molecule has 7 aromatic rings. The van der Waals surface area contributed by atoms with E-state index in [1.165, 1.54) is 45.4 Å². The molecular formula is C65H86F3N5O. The first-order valence-electron chi connectivity index (χ1n) is 25.8. The van der Waals surface area contributed by atoms with Gasteiger partial charge in [-0.1, -0.05) is 197 Å². The number of alkyl halides is 3. The second-order valence-electron chi connectivity index (χ2n) is 24.1. The van der Waals surface area contributed by atoms with Crippen LogP contribution >= 0.6 is 0 Å².